The summed E-state index contributed by atoms with van der Waals surface area (Å²) in [5.41, 5.74) is 1.97. The van der Waals surface area contributed by atoms with Crippen LogP contribution < -0.4 is 16.3 Å². The van der Waals surface area contributed by atoms with Crippen molar-refractivity contribution < 1.29 is 4.79 Å². The summed E-state index contributed by atoms with van der Waals surface area (Å²) in [6, 6.07) is 9.25. The molecule has 0 fully saturated rings. The highest BCUT2D eigenvalue weighted by Crippen LogP contribution is 2.19. The first kappa shape index (κ1) is 18.1. The topological polar surface area (TPSA) is 76.0 Å². The fraction of sp³-hybridized carbons (Fsp3) is 0.353. The SMILES string of the molecule is CCSc1ccc(NC(=O)NCCn2c(C)cc(C)nc2=O)cc1. The first-order valence-electron chi connectivity index (χ1n) is 7.82. The van der Waals surface area contributed by atoms with Crippen molar-refractivity contribution in [3.05, 3.63) is 52.2 Å². The van der Waals surface area contributed by atoms with E-state index in [1.165, 1.54) is 4.90 Å². The van der Waals surface area contributed by atoms with E-state index in [-0.39, 0.29) is 11.7 Å². The zero-order valence-corrected chi connectivity index (χ0v) is 14.9. The van der Waals surface area contributed by atoms with Crippen molar-refractivity contribution in [2.75, 3.05) is 17.6 Å². The van der Waals surface area contributed by atoms with Crippen LogP contribution in [-0.4, -0.2) is 27.9 Å². The third kappa shape index (κ3) is 5.13. The van der Waals surface area contributed by atoms with E-state index in [2.05, 4.69) is 22.5 Å². The Bertz CT molecular complexity index is 756. The van der Waals surface area contributed by atoms with Crippen LogP contribution in [0.2, 0.25) is 0 Å². The van der Waals surface area contributed by atoms with E-state index in [9.17, 15) is 9.59 Å². The number of hydrogen-bond donors (Lipinski definition) is 2. The van der Waals surface area contributed by atoms with Crippen molar-refractivity contribution in [2.45, 2.75) is 32.2 Å². The zero-order valence-electron chi connectivity index (χ0n) is 14.1. The molecule has 2 aromatic rings. The van der Waals surface area contributed by atoms with Gasteiger partial charge in [-0.3, -0.25) is 4.57 Å². The Labute approximate surface area is 145 Å². The van der Waals surface area contributed by atoms with Crippen molar-refractivity contribution >= 4 is 23.5 Å². The molecule has 0 spiro atoms. The molecule has 0 atom stereocenters. The average Bonchev–Trinajstić information content (AvgIpc) is 2.52. The molecule has 0 saturated heterocycles. The summed E-state index contributed by atoms with van der Waals surface area (Å²) in [4.78, 5) is 28.8. The first-order valence-corrected chi connectivity index (χ1v) is 8.81. The normalized spacial score (nSPS) is 10.5. The summed E-state index contributed by atoms with van der Waals surface area (Å²) in [6.07, 6.45) is 0. The van der Waals surface area contributed by atoms with Gasteiger partial charge in [0.05, 0.1) is 0 Å². The highest BCUT2D eigenvalue weighted by molar-refractivity contribution is 7.99. The number of nitrogens with zero attached hydrogens (tertiary/aromatic N) is 2. The Kier molecular flexibility index (Phi) is 6.43. The highest BCUT2D eigenvalue weighted by atomic mass is 32.2. The molecule has 1 aromatic carbocycles. The molecule has 0 unspecified atom stereocenters. The average molecular weight is 346 g/mol. The molecule has 6 nitrogen and oxygen atoms in total. The van der Waals surface area contributed by atoms with Crippen LogP contribution in [0.5, 0.6) is 0 Å². The zero-order chi connectivity index (χ0) is 17.5. The van der Waals surface area contributed by atoms with Crippen LogP contribution in [0.1, 0.15) is 18.3 Å². The Morgan fingerprint density at radius 3 is 2.58 bits per heavy atom. The van der Waals surface area contributed by atoms with E-state index in [0.29, 0.717) is 18.8 Å². The van der Waals surface area contributed by atoms with E-state index in [4.69, 9.17) is 0 Å². The molecule has 0 aliphatic rings. The van der Waals surface area contributed by atoms with E-state index in [1.54, 1.807) is 23.3 Å². The molecule has 2 N–H and O–H groups in total. The summed E-state index contributed by atoms with van der Waals surface area (Å²) in [5, 5.41) is 5.52. The lowest BCUT2D eigenvalue weighted by Crippen LogP contribution is -2.35. The summed E-state index contributed by atoms with van der Waals surface area (Å²) < 4.78 is 1.55. The Morgan fingerprint density at radius 1 is 1.25 bits per heavy atom. The quantitative estimate of drug-likeness (QED) is 0.789. The van der Waals surface area contributed by atoms with Crippen LogP contribution in [0.15, 0.2) is 40.0 Å². The second-order valence-corrected chi connectivity index (χ2v) is 6.65. The molecule has 128 valence electrons. The molecule has 0 bridgehead atoms. The van der Waals surface area contributed by atoms with Crippen LogP contribution >= 0.6 is 11.8 Å². The number of aryl methyl sites for hydroxylation is 2. The van der Waals surface area contributed by atoms with Gasteiger partial charge >= 0.3 is 11.7 Å². The lowest BCUT2D eigenvalue weighted by atomic mass is 10.3. The maximum absolute atomic E-state index is 11.9. The second-order valence-electron chi connectivity index (χ2n) is 5.31. The van der Waals surface area contributed by atoms with E-state index < -0.39 is 0 Å². The van der Waals surface area contributed by atoms with Gasteiger partial charge in [-0.05, 0) is 49.9 Å². The molecular formula is C17H22N4O2S. The lowest BCUT2D eigenvalue weighted by molar-refractivity contribution is 0.251. The number of amides is 2. The van der Waals surface area contributed by atoms with Gasteiger partial charge < -0.3 is 10.6 Å². The van der Waals surface area contributed by atoms with Gasteiger partial charge in [0.15, 0.2) is 0 Å². The molecule has 1 aromatic heterocycles. The maximum atomic E-state index is 11.9. The summed E-state index contributed by atoms with van der Waals surface area (Å²) in [5.74, 6) is 1.01. The Morgan fingerprint density at radius 2 is 1.96 bits per heavy atom. The number of aromatic nitrogens is 2. The number of benzene rings is 1. The van der Waals surface area contributed by atoms with Crippen LogP contribution in [0.25, 0.3) is 0 Å². The van der Waals surface area contributed by atoms with Crippen molar-refractivity contribution in [1.29, 1.82) is 0 Å². The number of carbonyl (C=O) groups excluding carboxylic acids is 1. The largest absolute Gasteiger partial charge is 0.348 e. The minimum atomic E-state index is -0.295. The summed E-state index contributed by atoms with van der Waals surface area (Å²) in [7, 11) is 0. The predicted octanol–water partition coefficient (Wildman–Crippen LogP) is 2.79. The molecule has 2 rings (SSSR count). The van der Waals surface area contributed by atoms with Crippen molar-refractivity contribution in [3.63, 3.8) is 0 Å². The smallest absolute Gasteiger partial charge is 0.336 e. The molecule has 0 saturated carbocycles. The fourth-order valence-corrected chi connectivity index (χ4v) is 2.97. The Balaban J connectivity index is 1.84. The van der Waals surface area contributed by atoms with Crippen molar-refractivity contribution in [1.82, 2.24) is 14.9 Å². The molecule has 0 radical (unpaired) electrons. The van der Waals surface area contributed by atoms with Gasteiger partial charge in [-0.25, -0.2) is 9.59 Å². The molecule has 0 aliphatic carbocycles. The number of carbonyl (C=O) groups is 1. The van der Waals surface area contributed by atoms with Gasteiger partial charge in [0.2, 0.25) is 0 Å². The number of thioether (sulfide) groups is 1. The number of rotatable bonds is 6. The van der Waals surface area contributed by atoms with E-state index in [0.717, 1.165) is 17.1 Å². The molecule has 2 amide bonds. The third-order valence-electron chi connectivity index (χ3n) is 3.39. The van der Waals surface area contributed by atoms with Crippen LogP contribution in [0.3, 0.4) is 0 Å². The fourth-order valence-electron chi connectivity index (χ4n) is 2.30. The molecule has 1 heterocycles. The predicted molar refractivity (Wildman–Crippen MR) is 97.8 cm³/mol. The van der Waals surface area contributed by atoms with Gasteiger partial charge in [-0.15, -0.1) is 11.8 Å². The summed E-state index contributed by atoms with van der Waals surface area (Å²) in [6.45, 7) is 6.47. The number of urea groups is 1. The van der Waals surface area contributed by atoms with Crippen LogP contribution in [0, 0.1) is 13.8 Å². The molecule has 7 heteroatoms. The molecule has 24 heavy (non-hydrogen) atoms. The molecule has 0 aliphatic heterocycles. The summed E-state index contributed by atoms with van der Waals surface area (Å²) >= 11 is 1.75. The van der Waals surface area contributed by atoms with Gasteiger partial charge in [-0.1, -0.05) is 6.92 Å². The van der Waals surface area contributed by atoms with E-state index in [1.807, 2.05) is 37.3 Å². The van der Waals surface area contributed by atoms with Crippen molar-refractivity contribution in [3.8, 4) is 0 Å². The van der Waals surface area contributed by atoms with Crippen LogP contribution in [0.4, 0.5) is 10.5 Å². The Hall–Kier alpha value is -2.28. The number of nitrogens with one attached hydrogen (secondary N) is 2. The van der Waals surface area contributed by atoms with Gasteiger partial charge in [0.1, 0.15) is 0 Å². The standard InChI is InChI=1S/C17H22N4O2S/c1-4-24-15-7-5-14(6-8-15)20-16(22)18-9-10-21-13(3)11-12(2)19-17(21)23/h5-8,11H,4,9-10H2,1-3H3,(H2,18,20,22). The minimum Gasteiger partial charge on any atom is -0.336 e. The highest BCUT2D eigenvalue weighted by Gasteiger charge is 2.05. The van der Waals surface area contributed by atoms with E-state index >= 15 is 0 Å². The van der Waals surface area contributed by atoms with Crippen molar-refractivity contribution in [2.24, 2.45) is 0 Å². The number of anilines is 1. The first-order chi connectivity index (χ1) is 11.5. The maximum Gasteiger partial charge on any atom is 0.348 e. The molecular weight excluding hydrogens is 324 g/mol. The second kappa shape index (κ2) is 8.54. The van der Waals surface area contributed by atoms with Gasteiger partial charge in [0.25, 0.3) is 0 Å². The monoisotopic (exact) mass is 346 g/mol. The van der Waals surface area contributed by atoms with Gasteiger partial charge in [-0.2, -0.15) is 4.98 Å². The minimum absolute atomic E-state index is 0.293. The van der Waals surface area contributed by atoms with Crippen LogP contribution in [-0.2, 0) is 6.54 Å². The van der Waals surface area contributed by atoms with Gasteiger partial charge in [0, 0.05) is 35.1 Å². The lowest BCUT2D eigenvalue weighted by Gasteiger charge is -2.11. The third-order valence-corrected chi connectivity index (χ3v) is 4.28. The number of hydrogen-bond acceptors (Lipinski definition) is 4.